The van der Waals surface area contributed by atoms with Crippen molar-refractivity contribution in [3.8, 4) is 0 Å². The van der Waals surface area contributed by atoms with Crippen LogP contribution >= 0.6 is 0 Å². The van der Waals surface area contributed by atoms with Crippen LogP contribution in [0, 0.1) is 0 Å². The fraction of sp³-hybridized carbons (Fsp3) is 0.286. The van der Waals surface area contributed by atoms with Crippen molar-refractivity contribution in [2.75, 3.05) is 14.2 Å². The number of fused-ring (bicyclic) bond motifs is 1. The highest BCUT2D eigenvalue weighted by Crippen LogP contribution is 2.22. The quantitative estimate of drug-likeness (QED) is 0.598. The Bertz CT molecular complexity index is 607. The number of amides is 2. The first-order chi connectivity index (χ1) is 10.5. The van der Waals surface area contributed by atoms with Crippen LogP contribution in [-0.2, 0) is 19.2 Å². The number of ether oxygens (including phenoxy) is 1. The Morgan fingerprint density at radius 1 is 1.18 bits per heavy atom. The summed E-state index contributed by atoms with van der Waals surface area (Å²) in [7, 11) is 2.65. The summed E-state index contributed by atoms with van der Waals surface area (Å²) in [5, 5.41) is 2.98. The second kappa shape index (κ2) is 6.35. The maximum Gasteiger partial charge on any atom is 0.335 e. The van der Waals surface area contributed by atoms with Crippen LogP contribution in [0.15, 0.2) is 24.3 Å². The van der Waals surface area contributed by atoms with Gasteiger partial charge in [-0.25, -0.2) is 4.79 Å². The van der Waals surface area contributed by atoms with Gasteiger partial charge >= 0.3 is 11.9 Å². The summed E-state index contributed by atoms with van der Waals surface area (Å²) in [6, 6.07) is 5.21. The minimum atomic E-state index is -0.923. The predicted molar refractivity (Wildman–Crippen MR) is 72.5 cm³/mol. The van der Waals surface area contributed by atoms with Crippen LogP contribution in [0.4, 0.5) is 0 Å². The van der Waals surface area contributed by atoms with E-state index in [1.165, 1.54) is 26.3 Å². The monoisotopic (exact) mass is 306 g/mol. The van der Waals surface area contributed by atoms with Gasteiger partial charge in [0.05, 0.1) is 24.7 Å². The normalized spacial score (nSPS) is 14.5. The summed E-state index contributed by atoms with van der Waals surface area (Å²) in [6.45, 7) is 0. The van der Waals surface area contributed by atoms with Crippen LogP contribution in [0.3, 0.4) is 0 Å². The number of imide groups is 1. The van der Waals surface area contributed by atoms with E-state index in [1.54, 1.807) is 12.1 Å². The highest BCUT2D eigenvalue weighted by Gasteiger charge is 2.39. The average molecular weight is 306 g/mol. The molecule has 8 heteroatoms. The third-order valence-electron chi connectivity index (χ3n) is 3.15. The third kappa shape index (κ3) is 2.82. The standard InChI is InChI=1S/C14H14N2O6/c1-15-10(14(20)21-2)7-11(17)22-16-12(18)8-5-3-4-6-9(8)13(16)19/h3-6,10,15H,7H2,1-2H3. The van der Waals surface area contributed by atoms with Gasteiger partial charge in [0.15, 0.2) is 0 Å². The average Bonchev–Trinajstić information content (AvgIpc) is 2.77. The van der Waals surface area contributed by atoms with Gasteiger partial charge in [-0.2, -0.15) is 0 Å². The van der Waals surface area contributed by atoms with E-state index >= 15 is 0 Å². The molecule has 2 rings (SSSR count). The molecule has 1 heterocycles. The topological polar surface area (TPSA) is 102 Å². The number of nitrogens with zero attached hydrogens (tertiary/aromatic N) is 1. The summed E-state index contributed by atoms with van der Waals surface area (Å²) in [5.74, 6) is -2.98. The Labute approximate surface area is 125 Å². The Balaban J connectivity index is 2.06. The fourth-order valence-corrected chi connectivity index (χ4v) is 2.00. The van der Waals surface area contributed by atoms with Gasteiger partial charge in [0.2, 0.25) is 0 Å². The molecule has 1 unspecified atom stereocenters. The van der Waals surface area contributed by atoms with Gasteiger partial charge in [-0.1, -0.05) is 17.2 Å². The molecule has 2 amide bonds. The Morgan fingerprint density at radius 3 is 2.18 bits per heavy atom. The maximum atomic E-state index is 12.0. The number of carbonyl (C=O) groups excluding carboxylic acids is 4. The molecule has 0 saturated carbocycles. The zero-order valence-electron chi connectivity index (χ0n) is 12.0. The van der Waals surface area contributed by atoms with Gasteiger partial charge in [0, 0.05) is 0 Å². The lowest BCUT2D eigenvalue weighted by atomic mass is 10.1. The number of carbonyl (C=O) groups is 4. The van der Waals surface area contributed by atoms with E-state index in [9.17, 15) is 19.2 Å². The number of benzene rings is 1. The summed E-state index contributed by atoms with van der Waals surface area (Å²) < 4.78 is 4.51. The summed E-state index contributed by atoms with van der Waals surface area (Å²) in [6.07, 6.45) is -0.378. The largest absolute Gasteiger partial charge is 0.468 e. The number of likely N-dealkylation sites (N-methyl/N-ethyl adjacent to an activating group) is 1. The number of hydrogen-bond donors (Lipinski definition) is 1. The smallest absolute Gasteiger partial charge is 0.335 e. The summed E-state index contributed by atoms with van der Waals surface area (Å²) in [5.41, 5.74) is 0.330. The molecule has 0 spiro atoms. The molecule has 116 valence electrons. The molecule has 1 aromatic rings. The number of hydroxylamine groups is 2. The van der Waals surface area contributed by atoms with Crippen LogP contribution < -0.4 is 5.32 Å². The molecule has 0 aliphatic carbocycles. The lowest BCUT2D eigenvalue weighted by Gasteiger charge is -2.16. The molecular weight excluding hydrogens is 292 g/mol. The Hall–Kier alpha value is -2.74. The molecule has 0 fully saturated rings. The number of rotatable bonds is 5. The van der Waals surface area contributed by atoms with Gasteiger partial charge < -0.3 is 14.9 Å². The second-order valence-electron chi connectivity index (χ2n) is 4.48. The van der Waals surface area contributed by atoms with Gasteiger partial charge in [-0.3, -0.25) is 14.4 Å². The van der Waals surface area contributed by atoms with Crippen molar-refractivity contribution in [2.24, 2.45) is 0 Å². The van der Waals surface area contributed by atoms with Crippen LogP contribution in [0.2, 0.25) is 0 Å². The van der Waals surface area contributed by atoms with Gasteiger partial charge in [-0.05, 0) is 19.2 Å². The van der Waals surface area contributed by atoms with Gasteiger partial charge in [0.25, 0.3) is 11.8 Å². The zero-order chi connectivity index (χ0) is 16.3. The second-order valence-corrected chi connectivity index (χ2v) is 4.48. The predicted octanol–water partition coefficient (Wildman–Crippen LogP) is -0.108. The molecule has 1 aromatic carbocycles. The molecule has 0 bridgehead atoms. The van der Waals surface area contributed by atoms with E-state index in [2.05, 4.69) is 10.1 Å². The first-order valence-corrected chi connectivity index (χ1v) is 6.43. The third-order valence-corrected chi connectivity index (χ3v) is 3.15. The molecule has 1 N–H and O–H groups in total. The Morgan fingerprint density at radius 2 is 1.73 bits per heavy atom. The molecule has 0 aromatic heterocycles. The lowest BCUT2D eigenvalue weighted by Crippen LogP contribution is -2.40. The molecule has 22 heavy (non-hydrogen) atoms. The molecule has 0 radical (unpaired) electrons. The molecule has 1 atom stereocenters. The number of esters is 1. The minimum absolute atomic E-state index is 0.165. The summed E-state index contributed by atoms with van der Waals surface area (Å²) in [4.78, 5) is 52.0. The number of hydrogen-bond acceptors (Lipinski definition) is 7. The highest BCUT2D eigenvalue weighted by molar-refractivity contribution is 6.20. The summed E-state index contributed by atoms with van der Waals surface area (Å²) >= 11 is 0. The van der Waals surface area contributed by atoms with Crippen LogP contribution in [0.5, 0.6) is 0 Å². The molecule has 8 nitrogen and oxygen atoms in total. The first kappa shape index (κ1) is 15.6. The van der Waals surface area contributed by atoms with Crippen molar-refractivity contribution in [2.45, 2.75) is 12.5 Å². The molecule has 1 aliphatic heterocycles. The number of nitrogens with one attached hydrogen (secondary N) is 1. The van der Waals surface area contributed by atoms with E-state index in [-0.39, 0.29) is 17.5 Å². The van der Waals surface area contributed by atoms with E-state index in [4.69, 9.17) is 4.84 Å². The fourth-order valence-electron chi connectivity index (χ4n) is 2.00. The van der Waals surface area contributed by atoms with E-state index in [1.807, 2.05) is 0 Å². The van der Waals surface area contributed by atoms with Crippen molar-refractivity contribution < 1.29 is 28.8 Å². The minimum Gasteiger partial charge on any atom is -0.468 e. The maximum absolute atomic E-state index is 12.0. The van der Waals surface area contributed by atoms with Crippen LogP contribution in [-0.4, -0.2) is 49.0 Å². The highest BCUT2D eigenvalue weighted by atomic mass is 16.7. The lowest BCUT2D eigenvalue weighted by molar-refractivity contribution is -0.170. The van der Waals surface area contributed by atoms with Gasteiger partial charge in [0.1, 0.15) is 6.04 Å². The Kier molecular flexibility index (Phi) is 4.52. The number of methoxy groups -OCH3 is 1. The van der Waals surface area contributed by atoms with Crippen LogP contribution in [0.1, 0.15) is 27.1 Å². The molecular formula is C14H14N2O6. The van der Waals surface area contributed by atoms with E-state index < -0.39 is 29.8 Å². The molecule has 1 aliphatic rings. The SMILES string of the molecule is CNC(CC(=O)ON1C(=O)c2ccccc2C1=O)C(=O)OC. The molecule has 0 saturated heterocycles. The van der Waals surface area contributed by atoms with Crippen molar-refractivity contribution >= 4 is 23.8 Å². The van der Waals surface area contributed by atoms with Crippen molar-refractivity contribution in [1.82, 2.24) is 10.4 Å². The van der Waals surface area contributed by atoms with Crippen molar-refractivity contribution in [3.05, 3.63) is 35.4 Å². The zero-order valence-corrected chi connectivity index (χ0v) is 12.0. The van der Waals surface area contributed by atoms with E-state index in [0.29, 0.717) is 5.06 Å². The van der Waals surface area contributed by atoms with E-state index in [0.717, 1.165) is 0 Å². The van der Waals surface area contributed by atoms with Crippen molar-refractivity contribution in [3.63, 3.8) is 0 Å². The first-order valence-electron chi connectivity index (χ1n) is 6.43. The van der Waals surface area contributed by atoms with Crippen LogP contribution in [0.25, 0.3) is 0 Å². The van der Waals surface area contributed by atoms with Crippen molar-refractivity contribution in [1.29, 1.82) is 0 Å². The van der Waals surface area contributed by atoms with Gasteiger partial charge in [-0.15, -0.1) is 0 Å².